The predicted molar refractivity (Wildman–Crippen MR) is 103 cm³/mol. The van der Waals surface area contributed by atoms with Gasteiger partial charge < -0.3 is 9.15 Å². The molecule has 9 heteroatoms. The van der Waals surface area contributed by atoms with Gasteiger partial charge in [0, 0.05) is 4.88 Å². The first-order valence-electron chi connectivity index (χ1n) is 7.62. The molecule has 3 rings (SSSR count). The van der Waals surface area contributed by atoms with Crippen molar-refractivity contribution in [3.05, 3.63) is 44.1 Å². The Morgan fingerprint density at radius 1 is 1.50 bits per heavy atom. The van der Waals surface area contributed by atoms with Crippen LogP contribution in [0.1, 0.15) is 25.6 Å². The molecule has 0 radical (unpaired) electrons. The molecule has 0 bridgehead atoms. The summed E-state index contributed by atoms with van der Waals surface area (Å²) in [5, 5.41) is 1.52. The molecular weight excluding hydrogens is 447 g/mol. The van der Waals surface area contributed by atoms with Crippen LogP contribution in [0.25, 0.3) is 11.1 Å². The average Bonchev–Trinajstić information content (AvgIpc) is 3.16. The molecule has 26 heavy (non-hydrogen) atoms. The topological polar surface area (TPSA) is 55.6 Å². The number of aromatic nitrogens is 1. The summed E-state index contributed by atoms with van der Waals surface area (Å²) < 4.78 is 26.3. The van der Waals surface area contributed by atoms with Gasteiger partial charge in [0.1, 0.15) is 23.1 Å². The first-order valence-corrected chi connectivity index (χ1v) is 9.67. The molecule has 3 aromatic heterocycles. The van der Waals surface area contributed by atoms with Crippen molar-refractivity contribution in [1.29, 1.82) is 0 Å². The molecule has 0 spiro atoms. The van der Waals surface area contributed by atoms with Crippen molar-refractivity contribution >= 4 is 61.7 Å². The minimum Gasteiger partial charge on any atom is -0.459 e. The summed E-state index contributed by atoms with van der Waals surface area (Å²) in [4.78, 5) is 18.8. The van der Waals surface area contributed by atoms with Gasteiger partial charge in [-0.3, -0.25) is 4.90 Å². The van der Waals surface area contributed by atoms with E-state index in [-0.39, 0.29) is 23.0 Å². The van der Waals surface area contributed by atoms with E-state index in [4.69, 9.17) is 20.8 Å². The van der Waals surface area contributed by atoms with Gasteiger partial charge in [-0.15, -0.1) is 11.3 Å². The molecule has 1 amide bonds. The van der Waals surface area contributed by atoms with Crippen molar-refractivity contribution in [2.75, 3.05) is 4.90 Å². The minimum atomic E-state index is -0.844. The zero-order valence-electron chi connectivity index (χ0n) is 14.2. The number of nitrogens with zero attached hydrogens (tertiary/aromatic N) is 2. The highest BCUT2D eigenvalue weighted by Gasteiger charge is 2.31. The molecule has 0 N–H and O–H groups in total. The van der Waals surface area contributed by atoms with Crippen molar-refractivity contribution in [2.45, 2.75) is 32.9 Å². The summed E-state index contributed by atoms with van der Waals surface area (Å²) in [5.41, 5.74) is -0.415. The van der Waals surface area contributed by atoms with Crippen LogP contribution in [0.3, 0.4) is 0 Å². The predicted octanol–water partition coefficient (Wildman–Crippen LogP) is 6.39. The third-order valence-electron chi connectivity index (χ3n) is 3.31. The Labute approximate surface area is 166 Å². The van der Waals surface area contributed by atoms with Crippen LogP contribution in [0.2, 0.25) is 5.15 Å². The Kier molecular flexibility index (Phi) is 5.28. The zero-order valence-corrected chi connectivity index (χ0v) is 17.3. The van der Waals surface area contributed by atoms with Gasteiger partial charge in [0.15, 0.2) is 16.6 Å². The quantitative estimate of drug-likeness (QED) is 0.424. The van der Waals surface area contributed by atoms with E-state index in [2.05, 4.69) is 20.9 Å². The lowest BCUT2D eigenvalue weighted by Crippen LogP contribution is -2.37. The number of furan rings is 1. The molecule has 0 fully saturated rings. The van der Waals surface area contributed by atoms with Crippen LogP contribution < -0.4 is 4.90 Å². The second-order valence-electron chi connectivity index (χ2n) is 6.47. The van der Waals surface area contributed by atoms with Crippen LogP contribution in [0.15, 0.2) is 32.7 Å². The molecule has 3 aromatic rings. The summed E-state index contributed by atoms with van der Waals surface area (Å²) in [6.07, 6.45) is 0.663. The van der Waals surface area contributed by atoms with E-state index in [0.717, 1.165) is 4.88 Å². The first kappa shape index (κ1) is 19.1. The number of thiophene rings is 1. The SMILES string of the molecule is CC(C)(C)OC(=O)N(Cc1cccs1)c1c(F)c(Cl)nc2c(Br)coc12. The summed E-state index contributed by atoms with van der Waals surface area (Å²) >= 11 is 10.7. The van der Waals surface area contributed by atoms with Gasteiger partial charge in [0.25, 0.3) is 0 Å². The number of hydrogen-bond acceptors (Lipinski definition) is 5. The van der Waals surface area contributed by atoms with Crippen LogP contribution in [0.5, 0.6) is 0 Å². The highest BCUT2D eigenvalue weighted by molar-refractivity contribution is 9.10. The molecule has 0 atom stereocenters. The molecule has 0 aliphatic rings. The Morgan fingerprint density at radius 3 is 2.85 bits per heavy atom. The van der Waals surface area contributed by atoms with Crippen LogP contribution in [-0.2, 0) is 11.3 Å². The Balaban J connectivity index is 2.16. The molecule has 0 saturated heterocycles. The van der Waals surface area contributed by atoms with Gasteiger partial charge >= 0.3 is 6.09 Å². The smallest absolute Gasteiger partial charge is 0.415 e. The maximum atomic E-state index is 14.9. The number of fused-ring (bicyclic) bond motifs is 1. The highest BCUT2D eigenvalue weighted by atomic mass is 79.9. The summed E-state index contributed by atoms with van der Waals surface area (Å²) in [7, 11) is 0. The number of pyridine rings is 1. The lowest BCUT2D eigenvalue weighted by atomic mass is 10.2. The molecule has 0 saturated carbocycles. The number of anilines is 1. The van der Waals surface area contributed by atoms with Gasteiger partial charge in [-0.2, -0.15) is 0 Å². The number of carbonyl (C=O) groups is 1. The number of rotatable bonds is 3. The molecule has 0 aromatic carbocycles. The number of hydrogen-bond donors (Lipinski definition) is 0. The van der Waals surface area contributed by atoms with Crippen LogP contribution in [-0.4, -0.2) is 16.7 Å². The van der Waals surface area contributed by atoms with E-state index in [1.165, 1.54) is 22.5 Å². The highest BCUT2D eigenvalue weighted by Crippen LogP contribution is 2.38. The van der Waals surface area contributed by atoms with Crippen LogP contribution in [0, 0.1) is 5.82 Å². The summed E-state index contributed by atoms with van der Waals surface area (Å²) in [6.45, 7) is 5.33. The fourth-order valence-electron chi connectivity index (χ4n) is 2.30. The third-order valence-corrected chi connectivity index (χ3v) is 4.99. The standard InChI is InChI=1S/C17H15BrClFN2O3S/c1-17(2,3)25-16(23)22(7-9-5-4-6-26-9)13-11(20)15(19)21-12-10(18)8-24-14(12)13/h4-6,8H,7H2,1-3H3. The summed E-state index contributed by atoms with van der Waals surface area (Å²) in [5.74, 6) is -0.844. The van der Waals surface area contributed by atoms with Crippen LogP contribution >= 0.6 is 38.9 Å². The maximum absolute atomic E-state index is 14.9. The largest absolute Gasteiger partial charge is 0.459 e. The maximum Gasteiger partial charge on any atom is 0.415 e. The van der Waals surface area contributed by atoms with Gasteiger partial charge in [-0.05, 0) is 48.1 Å². The lowest BCUT2D eigenvalue weighted by molar-refractivity contribution is 0.0576. The monoisotopic (exact) mass is 460 g/mol. The number of amides is 1. The van der Waals surface area contributed by atoms with Gasteiger partial charge in [0.05, 0.1) is 11.0 Å². The van der Waals surface area contributed by atoms with Crippen molar-refractivity contribution in [1.82, 2.24) is 4.98 Å². The summed E-state index contributed by atoms with van der Waals surface area (Å²) in [6, 6.07) is 3.69. The van der Waals surface area contributed by atoms with Crippen molar-refractivity contribution < 1.29 is 18.3 Å². The van der Waals surface area contributed by atoms with Crippen molar-refractivity contribution in [3.63, 3.8) is 0 Å². The molecule has 3 heterocycles. The number of ether oxygens (including phenoxy) is 1. The molecule has 5 nitrogen and oxygen atoms in total. The average molecular weight is 462 g/mol. The normalized spacial score (nSPS) is 11.8. The van der Waals surface area contributed by atoms with Crippen molar-refractivity contribution in [2.24, 2.45) is 0 Å². The first-order chi connectivity index (χ1) is 12.2. The Morgan fingerprint density at radius 2 is 2.23 bits per heavy atom. The van der Waals surface area contributed by atoms with E-state index in [9.17, 15) is 9.18 Å². The van der Waals surface area contributed by atoms with E-state index in [1.54, 1.807) is 20.8 Å². The van der Waals surface area contributed by atoms with E-state index >= 15 is 0 Å². The number of halogens is 3. The molecule has 0 aliphatic heterocycles. The fraction of sp³-hybridized carbons (Fsp3) is 0.294. The Bertz CT molecular complexity index is 953. The van der Waals surface area contributed by atoms with Crippen LogP contribution in [0.4, 0.5) is 14.9 Å². The second-order valence-corrected chi connectivity index (χ2v) is 8.72. The van der Waals surface area contributed by atoms with Gasteiger partial charge in [-0.1, -0.05) is 17.7 Å². The lowest BCUT2D eigenvalue weighted by Gasteiger charge is -2.27. The fourth-order valence-corrected chi connectivity index (χ4v) is 3.53. The molecular formula is C17H15BrClFN2O3S. The van der Waals surface area contributed by atoms with E-state index < -0.39 is 17.5 Å². The molecule has 0 unspecified atom stereocenters. The zero-order chi connectivity index (χ0) is 19.1. The molecule has 138 valence electrons. The number of carbonyl (C=O) groups excluding carboxylic acids is 1. The van der Waals surface area contributed by atoms with Gasteiger partial charge in [-0.25, -0.2) is 14.2 Å². The van der Waals surface area contributed by atoms with Gasteiger partial charge in [0.2, 0.25) is 0 Å². The third kappa shape index (κ3) is 3.87. The van der Waals surface area contributed by atoms with E-state index in [1.807, 2.05) is 17.5 Å². The second kappa shape index (κ2) is 7.17. The van der Waals surface area contributed by atoms with E-state index in [0.29, 0.717) is 9.99 Å². The Hall–Kier alpha value is -1.64. The minimum absolute atomic E-state index is 0.103. The van der Waals surface area contributed by atoms with Crippen molar-refractivity contribution in [3.8, 4) is 0 Å². The molecule has 0 aliphatic carbocycles.